The lowest BCUT2D eigenvalue weighted by atomic mass is 9.76. The number of fused-ring (bicyclic) bond motifs is 3. The molecular weight excluding hydrogens is 447 g/mol. The molecule has 0 unspecified atom stereocenters. The maximum Gasteiger partial charge on any atom is 0.344 e. The Morgan fingerprint density at radius 2 is 1.44 bits per heavy atom. The van der Waals surface area contributed by atoms with Crippen LogP contribution in [0.15, 0.2) is 39.5 Å². The van der Waals surface area contributed by atoms with Gasteiger partial charge in [0.05, 0.1) is 5.39 Å². The summed E-state index contributed by atoms with van der Waals surface area (Å²) < 4.78 is 20.7. The van der Waals surface area contributed by atoms with Crippen molar-refractivity contribution in [2.45, 2.75) is 122 Å². The molecule has 0 spiro atoms. The van der Waals surface area contributed by atoms with Crippen LogP contribution in [0.25, 0.3) is 21.7 Å². The van der Waals surface area contributed by atoms with Crippen LogP contribution >= 0.6 is 0 Å². The smallest absolute Gasteiger partial charge is 0.344 e. The van der Waals surface area contributed by atoms with Crippen molar-refractivity contribution in [3.05, 3.63) is 57.7 Å². The van der Waals surface area contributed by atoms with Gasteiger partial charge in [-0.2, -0.15) is 0 Å². The van der Waals surface area contributed by atoms with E-state index in [1.54, 1.807) is 0 Å². The molecule has 0 saturated heterocycles. The maximum absolute atomic E-state index is 15.2. The molecule has 3 aromatic rings. The van der Waals surface area contributed by atoms with Crippen LogP contribution in [-0.4, -0.2) is 0 Å². The van der Waals surface area contributed by atoms with Gasteiger partial charge in [0.2, 0.25) is 0 Å². The van der Waals surface area contributed by atoms with Gasteiger partial charge in [-0.05, 0) is 67.6 Å². The van der Waals surface area contributed by atoms with E-state index in [2.05, 4.69) is 19.9 Å². The van der Waals surface area contributed by atoms with Gasteiger partial charge in [0.1, 0.15) is 0 Å². The molecule has 1 fully saturated rings. The molecule has 1 heterocycles. The number of rotatable bonds is 13. The number of unbranched alkanes of at least 4 members (excludes halogenated alkanes) is 8. The van der Waals surface area contributed by atoms with E-state index in [4.69, 9.17) is 4.42 Å². The van der Waals surface area contributed by atoms with Crippen molar-refractivity contribution in [3.8, 4) is 0 Å². The van der Waals surface area contributed by atoms with Gasteiger partial charge in [-0.25, -0.2) is 9.18 Å². The lowest BCUT2D eigenvalue weighted by Gasteiger charge is -2.29. The van der Waals surface area contributed by atoms with E-state index in [9.17, 15) is 4.79 Å². The minimum atomic E-state index is -0.420. The van der Waals surface area contributed by atoms with E-state index >= 15 is 4.39 Å². The minimum Gasteiger partial charge on any atom is -0.419 e. The zero-order chi connectivity index (χ0) is 25.3. The zero-order valence-electron chi connectivity index (χ0n) is 22.5. The Balaban J connectivity index is 1.39. The topological polar surface area (TPSA) is 30.2 Å². The Morgan fingerprint density at radius 1 is 0.778 bits per heavy atom. The van der Waals surface area contributed by atoms with Crippen LogP contribution in [0.4, 0.5) is 4.39 Å². The summed E-state index contributed by atoms with van der Waals surface area (Å²) >= 11 is 0. The van der Waals surface area contributed by atoms with E-state index in [0.29, 0.717) is 28.7 Å². The highest BCUT2D eigenvalue weighted by Gasteiger charge is 2.23. The normalized spacial score (nSPS) is 18.3. The van der Waals surface area contributed by atoms with Crippen LogP contribution in [0, 0.1) is 11.7 Å². The lowest BCUT2D eigenvalue weighted by Crippen LogP contribution is -2.14. The van der Waals surface area contributed by atoms with Gasteiger partial charge in [0.15, 0.2) is 11.4 Å². The fraction of sp³-hybridized carbons (Fsp3) is 0.606. The van der Waals surface area contributed by atoms with Crippen LogP contribution in [0.5, 0.6) is 0 Å². The first-order valence-electron chi connectivity index (χ1n) is 14.8. The highest BCUT2D eigenvalue weighted by molar-refractivity contribution is 6.04. The van der Waals surface area contributed by atoms with Gasteiger partial charge in [0, 0.05) is 10.8 Å². The van der Waals surface area contributed by atoms with E-state index < -0.39 is 5.63 Å². The van der Waals surface area contributed by atoms with Gasteiger partial charge in [-0.1, -0.05) is 102 Å². The zero-order valence-corrected chi connectivity index (χ0v) is 22.5. The minimum absolute atomic E-state index is 0.111. The van der Waals surface area contributed by atoms with E-state index in [0.717, 1.165) is 30.6 Å². The van der Waals surface area contributed by atoms with Crippen molar-refractivity contribution in [3.63, 3.8) is 0 Å². The molecule has 2 nitrogen and oxygen atoms in total. The molecule has 2 aromatic carbocycles. The standard InChI is InChI=1S/C33H45FO2/c1-3-5-7-8-9-10-12-13-24-15-17-25(18-16-24)27-20-21-28-29-22-19-26(14-11-6-4-2)31(34)32(29)36-33(35)30(28)23-27/h19-25H,3-18H2,1-2H3. The van der Waals surface area contributed by atoms with Gasteiger partial charge < -0.3 is 4.42 Å². The second-order valence-corrected chi connectivity index (χ2v) is 11.2. The maximum atomic E-state index is 15.2. The number of halogens is 1. The second-order valence-electron chi connectivity index (χ2n) is 11.2. The van der Waals surface area contributed by atoms with Gasteiger partial charge in [-0.15, -0.1) is 0 Å². The van der Waals surface area contributed by atoms with E-state index in [-0.39, 0.29) is 11.4 Å². The summed E-state index contributed by atoms with van der Waals surface area (Å²) in [6.45, 7) is 4.41. The average Bonchev–Trinajstić information content (AvgIpc) is 2.90. The Hall–Kier alpha value is -2.16. The molecule has 3 heteroatoms. The highest BCUT2D eigenvalue weighted by atomic mass is 19.1. The van der Waals surface area contributed by atoms with Crippen molar-refractivity contribution in [1.29, 1.82) is 0 Å². The number of aryl methyl sites for hydroxylation is 1. The molecule has 1 saturated carbocycles. The van der Waals surface area contributed by atoms with E-state index in [1.165, 1.54) is 82.6 Å². The molecule has 0 bridgehead atoms. The van der Waals surface area contributed by atoms with Gasteiger partial charge in [-0.3, -0.25) is 0 Å². The fourth-order valence-electron chi connectivity index (χ4n) is 6.21. The summed E-state index contributed by atoms with van der Waals surface area (Å²) in [6.07, 6.45) is 19.8. The SMILES string of the molecule is CCCCCCCCCC1CCC(c2ccc3c(c2)c(=O)oc2c(F)c(CCCCC)ccc23)CC1. The van der Waals surface area contributed by atoms with Crippen LogP contribution in [0.2, 0.25) is 0 Å². The first-order chi connectivity index (χ1) is 17.6. The third-order valence-electron chi connectivity index (χ3n) is 8.51. The number of hydrogen-bond acceptors (Lipinski definition) is 2. The molecule has 0 radical (unpaired) electrons. The molecule has 0 N–H and O–H groups in total. The summed E-state index contributed by atoms with van der Waals surface area (Å²) in [5.74, 6) is 0.999. The quantitative estimate of drug-likeness (QED) is 0.135. The Labute approximate surface area is 216 Å². The predicted molar refractivity (Wildman–Crippen MR) is 150 cm³/mol. The summed E-state index contributed by atoms with van der Waals surface area (Å²) in [5, 5.41) is 2.09. The summed E-state index contributed by atoms with van der Waals surface area (Å²) in [7, 11) is 0. The largest absolute Gasteiger partial charge is 0.419 e. The summed E-state index contributed by atoms with van der Waals surface area (Å²) in [6, 6.07) is 10.0. The Kier molecular flexibility index (Phi) is 10.0. The van der Waals surface area contributed by atoms with Crippen LogP contribution < -0.4 is 5.63 Å². The summed E-state index contributed by atoms with van der Waals surface area (Å²) in [4.78, 5) is 12.9. The molecule has 1 aromatic heterocycles. The van der Waals surface area contributed by atoms with Crippen LogP contribution in [0.1, 0.15) is 127 Å². The Morgan fingerprint density at radius 3 is 2.19 bits per heavy atom. The molecular formula is C33H45FO2. The summed E-state index contributed by atoms with van der Waals surface area (Å²) in [5.41, 5.74) is 1.57. The molecule has 0 amide bonds. The molecule has 36 heavy (non-hydrogen) atoms. The molecule has 0 atom stereocenters. The lowest BCUT2D eigenvalue weighted by molar-refractivity contribution is 0.302. The second kappa shape index (κ2) is 13.4. The van der Waals surface area contributed by atoms with Crippen molar-refractivity contribution < 1.29 is 8.81 Å². The fourth-order valence-corrected chi connectivity index (χ4v) is 6.21. The van der Waals surface area contributed by atoms with Crippen LogP contribution in [-0.2, 0) is 6.42 Å². The molecule has 1 aliphatic carbocycles. The number of benzene rings is 2. The monoisotopic (exact) mass is 492 g/mol. The average molecular weight is 493 g/mol. The van der Waals surface area contributed by atoms with Crippen LogP contribution in [0.3, 0.4) is 0 Å². The molecule has 4 rings (SSSR count). The van der Waals surface area contributed by atoms with Gasteiger partial charge in [0.25, 0.3) is 0 Å². The molecule has 196 valence electrons. The van der Waals surface area contributed by atoms with Crippen molar-refractivity contribution in [2.75, 3.05) is 0 Å². The molecule has 0 aliphatic heterocycles. The first-order valence-corrected chi connectivity index (χ1v) is 14.8. The predicted octanol–water partition coefficient (Wildman–Crippen LogP) is 10.2. The highest BCUT2D eigenvalue weighted by Crippen LogP contribution is 2.39. The van der Waals surface area contributed by atoms with Crippen molar-refractivity contribution in [1.82, 2.24) is 0 Å². The first kappa shape index (κ1) is 26.9. The van der Waals surface area contributed by atoms with Crippen molar-refractivity contribution >= 4 is 21.7 Å². The van der Waals surface area contributed by atoms with Gasteiger partial charge >= 0.3 is 5.63 Å². The van der Waals surface area contributed by atoms with Crippen molar-refractivity contribution in [2.24, 2.45) is 5.92 Å². The third kappa shape index (κ3) is 6.58. The van der Waals surface area contributed by atoms with E-state index in [1.807, 2.05) is 24.3 Å². The Bertz CT molecular complexity index is 1170. The third-order valence-corrected chi connectivity index (χ3v) is 8.51. The molecule has 1 aliphatic rings. The number of hydrogen-bond donors (Lipinski definition) is 0.